The van der Waals surface area contributed by atoms with Crippen LogP contribution in [0.2, 0.25) is 0 Å². The zero-order chi connectivity index (χ0) is 12.1. The second kappa shape index (κ2) is 5.06. The molecule has 1 rings (SSSR count). The predicted molar refractivity (Wildman–Crippen MR) is 57.5 cm³/mol. The number of phenols is 1. The summed E-state index contributed by atoms with van der Waals surface area (Å²) < 4.78 is 5.11. The largest absolute Gasteiger partial charge is 0.504 e. The quantitative estimate of drug-likeness (QED) is 0.536. The lowest BCUT2D eigenvalue weighted by Gasteiger charge is -2.06. The Kier molecular flexibility index (Phi) is 3.77. The summed E-state index contributed by atoms with van der Waals surface area (Å²) in [5.74, 6) is -1.97. The van der Waals surface area contributed by atoms with Gasteiger partial charge < -0.3 is 20.1 Å². The van der Waals surface area contributed by atoms with Crippen molar-refractivity contribution in [2.45, 2.75) is 6.92 Å². The highest BCUT2D eigenvalue weighted by Gasteiger charge is 2.06. The van der Waals surface area contributed by atoms with Gasteiger partial charge >= 0.3 is 5.97 Å². The van der Waals surface area contributed by atoms with Gasteiger partial charge in [-0.2, -0.15) is 0 Å². The van der Waals surface area contributed by atoms with Crippen molar-refractivity contribution in [1.82, 2.24) is 0 Å². The summed E-state index contributed by atoms with van der Waals surface area (Å²) in [7, 11) is 0. The van der Waals surface area contributed by atoms with E-state index in [0.717, 1.165) is 6.08 Å². The van der Waals surface area contributed by atoms with E-state index < -0.39 is 11.7 Å². The maximum Gasteiger partial charge on any atom is 0.370 e. The zero-order valence-electron chi connectivity index (χ0n) is 8.67. The molecule has 3 N–H and O–H groups in total. The lowest BCUT2D eigenvalue weighted by atomic mass is 10.2. The Balaban J connectivity index is 3.03. The lowest BCUT2D eigenvalue weighted by Crippen LogP contribution is -1.98. The fraction of sp³-hybridized carbons (Fsp3) is 0.182. The lowest BCUT2D eigenvalue weighted by molar-refractivity contribution is -0.135. The van der Waals surface area contributed by atoms with Crippen LogP contribution in [-0.4, -0.2) is 27.9 Å². The van der Waals surface area contributed by atoms with Crippen LogP contribution >= 0.6 is 0 Å². The number of ether oxygens (including phenoxy) is 1. The van der Waals surface area contributed by atoms with Crippen LogP contribution < -0.4 is 4.74 Å². The van der Waals surface area contributed by atoms with Gasteiger partial charge in [-0.05, 0) is 30.7 Å². The molecule has 1 aromatic rings. The van der Waals surface area contributed by atoms with Gasteiger partial charge in [0.25, 0.3) is 0 Å². The second-order valence-electron chi connectivity index (χ2n) is 2.99. The smallest absolute Gasteiger partial charge is 0.370 e. The molecule has 0 bridgehead atoms. The van der Waals surface area contributed by atoms with Crippen LogP contribution in [0.1, 0.15) is 12.5 Å². The van der Waals surface area contributed by atoms with E-state index in [4.69, 9.17) is 14.9 Å². The topological polar surface area (TPSA) is 87.0 Å². The van der Waals surface area contributed by atoms with Gasteiger partial charge in [0, 0.05) is 0 Å². The standard InChI is InChI=1S/C11H12O5/c1-2-16-10-6-7(3-4-8(10)12)5-9(13)11(14)15/h3-6,12-13H,2H2,1H3,(H,14,15). The first kappa shape index (κ1) is 11.9. The average molecular weight is 224 g/mol. The van der Waals surface area contributed by atoms with Gasteiger partial charge in [0.05, 0.1) is 6.61 Å². The number of benzene rings is 1. The fourth-order valence-electron chi connectivity index (χ4n) is 1.11. The van der Waals surface area contributed by atoms with Gasteiger partial charge in [0.2, 0.25) is 5.76 Å². The van der Waals surface area contributed by atoms with Gasteiger partial charge in [-0.25, -0.2) is 4.79 Å². The summed E-state index contributed by atoms with van der Waals surface area (Å²) in [5, 5.41) is 26.9. The van der Waals surface area contributed by atoms with E-state index in [1.165, 1.54) is 18.2 Å². The molecule has 0 aliphatic carbocycles. The zero-order valence-corrected chi connectivity index (χ0v) is 8.67. The Bertz CT molecular complexity index is 422. The van der Waals surface area contributed by atoms with Crippen LogP contribution in [0.5, 0.6) is 11.5 Å². The van der Waals surface area contributed by atoms with E-state index in [-0.39, 0.29) is 11.5 Å². The molecule has 0 heterocycles. The molecule has 0 saturated heterocycles. The summed E-state index contributed by atoms with van der Waals surface area (Å²) in [6, 6.07) is 4.28. The maximum absolute atomic E-state index is 10.4. The number of hydrogen-bond acceptors (Lipinski definition) is 4. The highest BCUT2D eigenvalue weighted by atomic mass is 16.5. The molecule has 5 nitrogen and oxygen atoms in total. The molecule has 0 spiro atoms. The van der Waals surface area contributed by atoms with E-state index in [1.807, 2.05) is 0 Å². The Morgan fingerprint density at radius 2 is 2.12 bits per heavy atom. The number of hydrogen-bond donors (Lipinski definition) is 3. The van der Waals surface area contributed by atoms with Crippen LogP contribution in [-0.2, 0) is 4.79 Å². The minimum atomic E-state index is -1.41. The van der Waals surface area contributed by atoms with E-state index in [9.17, 15) is 9.90 Å². The Hall–Kier alpha value is -2.17. The molecule has 0 aliphatic heterocycles. The summed E-state index contributed by atoms with van der Waals surface area (Å²) in [6.07, 6.45) is 1.07. The minimum Gasteiger partial charge on any atom is -0.504 e. The highest BCUT2D eigenvalue weighted by molar-refractivity contribution is 5.89. The maximum atomic E-state index is 10.4. The Morgan fingerprint density at radius 3 is 2.69 bits per heavy atom. The Morgan fingerprint density at radius 1 is 1.44 bits per heavy atom. The number of aromatic hydroxyl groups is 1. The molecule has 0 radical (unpaired) electrons. The second-order valence-corrected chi connectivity index (χ2v) is 2.99. The van der Waals surface area contributed by atoms with E-state index in [1.54, 1.807) is 6.92 Å². The van der Waals surface area contributed by atoms with Crippen molar-refractivity contribution in [3.05, 3.63) is 29.5 Å². The first-order valence-corrected chi connectivity index (χ1v) is 4.64. The first-order valence-electron chi connectivity index (χ1n) is 4.64. The highest BCUT2D eigenvalue weighted by Crippen LogP contribution is 2.27. The molecule has 0 unspecified atom stereocenters. The number of aliphatic carboxylic acids is 1. The van der Waals surface area contributed by atoms with Crippen molar-refractivity contribution in [1.29, 1.82) is 0 Å². The van der Waals surface area contributed by atoms with E-state index in [2.05, 4.69) is 0 Å². The summed E-state index contributed by atoms with van der Waals surface area (Å²) in [4.78, 5) is 10.4. The number of carboxylic acid groups (broad SMARTS) is 1. The number of aliphatic hydroxyl groups is 1. The molecule has 0 saturated carbocycles. The predicted octanol–water partition coefficient (Wildman–Crippen LogP) is 1.77. The number of carbonyl (C=O) groups is 1. The molecule has 0 fully saturated rings. The van der Waals surface area contributed by atoms with Crippen molar-refractivity contribution in [3.63, 3.8) is 0 Å². The summed E-state index contributed by atoms with van der Waals surface area (Å²) in [5.41, 5.74) is 0.432. The number of rotatable bonds is 4. The van der Waals surface area contributed by atoms with Gasteiger partial charge in [-0.15, -0.1) is 0 Å². The molecule has 1 aromatic carbocycles. The first-order chi connectivity index (χ1) is 7.54. The SMILES string of the molecule is CCOc1cc(C=C(O)C(=O)O)ccc1O. The summed E-state index contributed by atoms with van der Waals surface area (Å²) in [6.45, 7) is 2.14. The third kappa shape index (κ3) is 2.91. The van der Waals surface area contributed by atoms with E-state index in [0.29, 0.717) is 12.2 Å². The summed E-state index contributed by atoms with van der Waals surface area (Å²) >= 11 is 0. The van der Waals surface area contributed by atoms with Gasteiger partial charge in [0.15, 0.2) is 11.5 Å². The van der Waals surface area contributed by atoms with Crippen molar-refractivity contribution in [2.75, 3.05) is 6.61 Å². The molecular formula is C11H12O5. The van der Waals surface area contributed by atoms with Gasteiger partial charge in [-0.3, -0.25) is 0 Å². The third-order valence-corrected chi connectivity index (χ3v) is 1.81. The van der Waals surface area contributed by atoms with Gasteiger partial charge in [-0.1, -0.05) is 6.07 Å². The van der Waals surface area contributed by atoms with E-state index >= 15 is 0 Å². The molecule has 0 aliphatic rings. The van der Waals surface area contributed by atoms with Crippen LogP contribution in [0.25, 0.3) is 6.08 Å². The number of carboxylic acids is 1. The molecular weight excluding hydrogens is 212 g/mol. The van der Waals surface area contributed by atoms with Crippen molar-refractivity contribution >= 4 is 12.0 Å². The van der Waals surface area contributed by atoms with Crippen LogP contribution in [0, 0.1) is 0 Å². The molecule has 16 heavy (non-hydrogen) atoms. The normalized spacial score (nSPS) is 11.2. The number of aliphatic hydroxyl groups excluding tert-OH is 1. The average Bonchev–Trinajstić information content (AvgIpc) is 2.23. The van der Waals surface area contributed by atoms with Crippen LogP contribution in [0.4, 0.5) is 0 Å². The van der Waals surface area contributed by atoms with Gasteiger partial charge in [0.1, 0.15) is 0 Å². The Labute approximate surface area is 92.2 Å². The molecule has 5 heteroatoms. The van der Waals surface area contributed by atoms with Crippen LogP contribution in [0.15, 0.2) is 24.0 Å². The monoisotopic (exact) mass is 224 g/mol. The van der Waals surface area contributed by atoms with Crippen molar-refractivity contribution in [3.8, 4) is 11.5 Å². The molecule has 86 valence electrons. The number of phenolic OH excluding ortho intramolecular Hbond substituents is 1. The third-order valence-electron chi connectivity index (χ3n) is 1.81. The minimum absolute atomic E-state index is 0.0335. The molecule has 0 aromatic heterocycles. The van der Waals surface area contributed by atoms with Crippen molar-refractivity contribution < 1.29 is 24.9 Å². The molecule has 0 amide bonds. The fourth-order valence-corrected chi connectivity index (χ4v) is 1.11. The van der Waals surface area contributed by atoms with Crippen molar-refractivity contribution in [2.24, 2.45) is 0 Å². The molecule has 0 atom stereocenters. The van der Waals surface area contributed by atoms with Crippen LogP contribution in [0.3, 0.4) is 0 Å².